The Morgan fingerprint density at radius 2 is 1.95 bits per heavy atom. The van der Waals surface area contributed by atoms with Gasteiger partial charge in [-0.15, -0.1) is 0 Å². The summed E-state index contributed by atoms with van der Waals surface area (Å²) in [6.07, 6.45) is 1.76. The Morgan fingerprint density at radius 1 is 1.30 bits per heavy atom. The summed E-state index contributed by atoms with van der Waals surface area (Å²) in [6, 6.07) is 6.03. The second kappa shape index (κ2) is 5.42. The monoisotopic (exact) mass is 311 g/mol. The number of anilines is 1. The van der Waals surface area contributed by atoms with E-state index in [1.165, 1.54) is 0 Å². The van der Waals surface area contributed by atoms with E-state index in [2.05, 4.69) is 19.2 Å². The number of benzene rings is 1. The van der Waals surface area contributed by atoms with E-state index in [0.29, 0.717) is 0 Å². The van der Waals surface area contributed by atoms with E-state index in [4.69, 9.17) is 23.2 Å². The summed E-state index contributed by atoms with van der Waals surface area (Å²) in [5, 5.41) is 3.02. The van der Waals surface area contributed by atoms with Crippen molar-refractivity contribution in [2.45, 2.75) is 27.7 Å². The van der Waals surface area contributed by atoms with Gasteiger partial charge in [0.15, 0.2) is 0 Å². The second-order valence-electron chi connectivity index (χ2n) is 6.09. The van der Waals surface area contributed by atoms with Crippen LogP contribution in [-0.2, 0) is 4.79 Å². The van der Waals surface area contributed by atoms with Gasteiger partial charge in [0.25, 0.3) is 0 Å². The van der Waals surface area contributed by atoms with Gasteiger partial charge in [0, 0.05) is 5.69 Å². The Bertz CT molecular complexity index is 574. The van der Waals surface area contributed by atoms with Crippen LogP contribution in [0.3, 0.4) is 0 Å². The van der Waals surface area contributed by atoms with Crippen LogP contribution in [0.25, 0.3) is 0 Å². The zero-order valence-electron chi connectivity index (χ0n) is 12.1. The fourth-order valence-electron chi connectivity index (χ4n) is 2.71. The number of carbonyl (C=O) groups is 1. The maximum Gasteiger partial charge on any atom is 0.228 e. The Morgan fingerprint density at radius 3 is 2.55 bits per heavy atom. The summed E-state index contributed by atoms with van der Waals surface area (Å²) in [5.41, 5.74) is 2.96. The third kappa shape index (κ3) is 3.02. The lowest BCUT2D eigenvalue weighted by molar-refractivity contribution is -0.118. The van der Waals surface area contributed by atoms with Gasteiger partial charge in [-0.1, -0.05) is 49.2 Å². The molecule has 1 fully saturated rings. The topological polar surface area (TPSA) is 29.1 Å². The molecule has 1 aromatic carbocycles. The smallest absolute Gasteiger partial charge is 0.228 e. The average molecular weight is 312 g/mol. The maximum atomic E-state index is 12.4. The number of amides is 1. The first-order chi connectivity index (χ1) is 9.23. The standard InChI is InChI=1S/C16H19Cl2NO/c1-9-5-6-10(2)12(7-9)19-15(20)14-11(8-13(17)18)16(14,3)4/h5-8,11,14H,1-4H3,(H,19,20)/t11-,14-/m0/s1. The molecule has 0 heterocycles. The van der Waals surface area contributed by atoms with Gasteiger partial charge < -0.3 is 5.32 Å². The minimum absolute atomic E-state index is 0.0273. The van der Waals surface area contributed by atoms with Crippen molar-refractivity contribution in [3.05, 3.63) is 39.9 Å². The maximum absolute atomic E-state index is 12.4. The SMILES string of the molecule is Cc1ccc(C)c(NC(=O)[C@@H]2[C@H](C=C(Cl)Cl)C2(C)C)c1. The summed E-state index contributed by atoms with van der Waals surface area (Å²) < 4.78 is 0.227. The molecule has 1 aliphatic carbocycles. The Hall–Kier alpha value is -0.990. The van der Waals surface area contributed by atoms with Gasteiger partial charge in [0.05, 0.1) is 5.92 Å². The third-order valence-corrected chi connectivity index (χ3v) is 4.40. The van der Waals surface area contributed by atoms with Crippen molar-refractivity contribution < 1.29 is 4.79 Å². The van der Waals surface area contributed by atoms with Crippen molar-refractivity contribution in [2.75, 3.05) is 5.32 Å². The van der Waals surface area contributed by atoms with Gasteiger partial charge >= 0.3 is 0 Å². The van der Waals surface area contributed by atoms with Gasteiger partial charge in [-0.05, 0) is 48.4 Å². The first kappa shape index (κ1) is 15.4. The van der Waals surface area contributed by atoms with E-state index in [-0.39, 0.29) is 27.6 Å². The summed E-state index contributed by atoms with van der Waals surface area (Å²) >= 11 is 11.4. The minimum atomic E-state index is -0.100. The summed E-state index contributed by atoms with van der Waals surface area (Å²) in [7, 11) is 0. The number of nitrogens with one attached hydrogen (secondary N) is 1. The summed E-state index contributed by atoms with van der Waals surface area (Å²) in [5.74, 6) is 0.0343. The van der Waals surface area contributed by atoms with Crippen LogP contribution in [0.5, 0.6) is 0 Å². The molecule has 20 heavy (non-hydrogen) atoms. The lowest BCUT2D eigenvalue weighted by Crippen LogP contribution is -2.17. The molecular formula is C16H19Cl2NO. The van der Waals surface area contributed by atoms with Gasteiger partial charge in [-0.3, -0.25) is 4.79 Å². The zero-order chi connectivity index (χ0) is 15.1. The fraction of sp³-hybridized carbons (Fsp3) is 0.438. The fourth-order valence-corrected chi connectivity index (χ4v) is 2.98. The number of halogens is 2. The number of rotatable bonds is 3. The molecule has 1 amide bonds. The molecule has 0 radical (unpaired) electrons. The molecule has 0 saturated heterocycles. The molecule has 2 rings (SSSR count). The van der Waals surface area contributed by atoms with Crippen LogP contribution in [0.2, 0.25) is 0 Å². The van der Waals surface area contributed by atoms with Crippen LogP contribution in [0, 0.1) is 31.1 Å². The normalized spacial score (nSPS) is 23.1. The Labute approximate surface area is 130 Å². The molecule has 4 heteroatoms. The van der Waals surface area contributed by atoms with Crippen molar-refractivity contribution in [2.24, 2.45) is 17.3 Å². The van der Waals surface area contributed by atoms with Gasteiger partial charge in [-0.25, -0.2) is 0 Å². The van der Waals surface area contributed by atoms with E-state index in [0.717, 1.165) is 16.8 Å². The van der Waals surface area contributed by atoms with E-state index in [1.807, 2.05) is 32.0 Å². The lowest BCUT2D eigenvalue weighted by Gasteiger charge is -2.10. The quantitative estimate of drug-likeness (QED) is 0.850. The Kier molecular flexibility index (Phi) is 4.17. The van der Waals surface area contributed by atoms with Crippen LogP contribution < -0.4 is 5.32 Å². The average Bonchev–Trinajstić information content (AvgIpc) is 2.84. The summed E-state index contributed by atoms with van der Waals surface area (Å²) in [6.45, 7) is 8.10. The molecule has 2 nitrogen and oxygen atoms in total. The van der Waals surface area contributed by atoms with Gasteiger partial charge in [0.2, 0.25) is 5.91 Å². The van der Waals surface area contributed by atoms with Gasteiger partial charge in [0.1, 0.15) is 4.49 Å². The molecule has 2 atom stereocenters. The first-order valence-corrected chi connectivity index (χ1v) is 7.40. The van der Waals surface area contributed by atoms with Crippen molar-refractivity contribution in [3.63, 3.8) is 0 Å². The molecule has 1 aromatic rings. The van der Waals surface area contributed by atoms with Crippen LogP contribution in [0.4, 0.5) is 5.69 Å². The van der Waals surface area contributed by atoms with Crippen LogP contribution >= 0.6 is 23.2 Å². The predicted molar refractivity (Wildman–Crippen MR) is 85.1 cm³/mol. The van der Waals surface area contributed by atoms with Crippen molar-refractivity contribution in [3.8, 4) is 0 Å². The Balaban J connectivity index is 2.14. The molecule has 0 bridgehead atoms. The molecule has 1 aliphatic rings. The van der Waals surface area contributed by atoms with Crippen molar-refractivity contribution in [1.82, 2.24) is 0 Å². The minimum Gasteiger partial charge on any atom is -0.326 e. The van der Waals surface area contributed by atoms with E-state index >= 15 is 0 Å². The lowest BCUT2D eigenvalue weighted by atomic mass is 10.1. The molecule has 1 saturated carbocycles. The van der Waals surface area contributed by atoms with Crippen LogP contribution in [-0.4, -0.2) is 5.91 Å². The molecule has 0 aromatic heterocycles. The molecule has 0 aliphatic heterocycles. The van der Waals surface area contributed by atoms with Crippen LogP contribution in [0.15, 0.2) is 28.8 Å². The molecular weight excluding hydrogens is 293 g/mol. The van der Waals surface area contributed by atoms with E-state index in [9.17, 15) is 4.79 Å². The highest BCUT2D eigenvalue weighted by atomic mass is 35.5. The molecule has 0 unspecified atom stereocenters. The second-order valence-corrected chi connectivity index (χ2v) is 7.10. The number of carbonyl (C=O) groups excluding carboxylic acids is 1. The van der Waals surface area contributed by atoms with Crippen molar-refractivity contribution >= 4 is 34.8 Å². The molecule has 108 valence electrons. The third-order valence-electron chi connectivity index (χ3n) is 4.15. The highest BCUT2D eigenvalue weighted by Crippen LogP contribution is 2.60. The number of hydrogen-bond donors (Lipinski definition) is 1. The highest BCUT2D eigenvalue weighted by Gasteiger charge is 2.60. The molecule has 0 spiro atoms. The molecule has 1 N–H and O–H groups in total. The van der Waals surface area contributed by atoms with Gasteiger partial charge in [-0.2, -0.15) is 0 Å². The van der Waals surface area contributed by atoms with Crippen LogP contribution in [0.1, 0.15) is 25.0 Å². The first-order valence-electron chi connectivity index (χ1n) is 6.64. The van der Waals surface area contributed by atoms with E-state index < -0.39 is 0 Å². The summed E-state index contributed by atoms with van der Waals surface area (Å²) in [4.78, 5) is 12.4. The largest absolute Gasteiger partial charge is 0.326 e. The number of allylic oxidation sites excluding steroid dienone is 1. The number of hydrogen-bond acceptors (Lipinski definition) is 1. The zero-order valence-corrected chi connectivity index (χ0v) is 13.6. The van der Waals surface area contributed by atoms with E-state index in [1.54, 1.807) is 6.08 Å². The highest BCUT2D eigenvalue weighted by molar-refractivity contribution is 6.55. The number of aryl methyl sites for hydroxylation is 2. The van der Waals surface area contributed by atoms with Crippen molar-refractivity contribution in [1.29, 1.82) is 0 Å². The predicted octanol–water partition coefficient (Wildman–Crippen LogP) is 4.83.